The molecule has 1 amide bonds. The van der Waals surface area contributed by atoms with Gasteiger partial charge in [0, 0.05) is 18.7 Å². The number of nitrogens with two attached hydrogens (primary N) is 1. The van der Waals surface area contributed by atoms with Crippen LogP contribution in [0.2, 0.25) is 10.0 Å². The van der Waals surface area contributed by atoms with E-state index in [-0.39, 0.29) is 16.0 Å². The topological polar surface area (TPSA) is 58.4 Å². The maximum absolute atomic E-state index is 12.0. The van der Waals surface area contributed by atoms with Crippen LogP contribution in [0.5, 0.6) is 0 Å². The molecule has 0 bridgehead atoms. The minimum atomic E-state index is -0.192. The predicted octanol–water partition coefficient (Wildman–Crippen LogP) is 3.04. The van der Waals surface area contributed by atoms with Crippen molar-refractivity contribution in [2.24, 2.45) is 0 Å². The molecule has 0 radical (unpaired) electrons. The molecule has 0 atom stereocenters. The summed E-state index contributed by atoms with van der Waals surface area (Å²) < 4.78 is 0. The third-order valence-electron chi connectivity index (χ3n) is 3.02. The molecule has 0 fully saturated rings. The monoisotopic (exact) mass is 317 g/mol. The van der Waals surface area contributed by atoms with Crippen LogP contribution in [-0.2, 0) is 0 Å². The van der Waals surface area contributed by atoms with E-state index in [4.69, 9.17) is 28.9 Å². The highest BCUT2D eigenvalue weighted by Crippen LogP contribution is 2.29. The van der Waals surface area contributed by atoms with E-state index in [0.717, 1.165) is 26.1 Å². The Labute approximate surface area is 130 Å². The third kappa shape index (κ3) is 4.85. The van der Waals surface area contributed by atoms with Crippen LogP contribution in [0.25, 0.3) is 0 Å². The Morgan fingerprint density at radius 2 is 2.00 bits per heavy atom. The number of hydrogen-bond donors (Lipinski definition) is 2. The van der Waals surface area contributed by atoms with Crippen LogP contribution in [0.15, 0.2) is 12.1 Å². The van der Waals surface area contributed by atoms with Crippen molar-refractivity contribution < 1.29 is 4.79 Å². The number of nitrogens with one attached hydrogen (secondary N) is 1. The number of benzene rings is 1. The number of halogens is 2. The van der Waals surface area contributed by atoms with Crippen molar-refractivity contribution in [3.63, 3.8) is 0 Å². The van der Waals surface area contributed by atoms with Crippen molar-refractivity contribution in [1.29, 1.82) is 0 Å². The predicted molar refractivity (Wildman–Crippen MR) is 85.6 cm³/mol. The largest absolute Gasteiger partial charge is 0.397 e. The van der Waals surface area contributed by atoms with Gasteiger partial charge in [-0.1, -0.05) is 37.0 Å². The van der Waals surface area contributed by atoms with Gasteiger partial charge in [-0.3, -0.25) is 4.79 Å². The summed E-state index contributed by atoms with van der Waals surface area (Å²) in [4.78, 5) is 14.3. The molecule has 0 aliphatic heterocycles. The molecule has 20 heavy (non-hydrogen) atoms. The first-order chi connectivity index (χ1) is 9.49. The van der Waals surface area contributed by atoms with Crippen LogP contribution in [0, 0.1) is 0 Å². The maximum atomic E-state index is 12.0. The zero-order valence-electron chi connectivity index (χ0n) is 11.9. The van der Waals surface area contributed by atoms with E-state index in [9.17, 15) is 4.79 Å². The normalized spacial score (nSPS) is 10.8. The summed E-state index contributed by atoms with van der Waals surface area (Å²) in [6.45, 7) is 7.67. The van der Waals surface area contributed by atoms with Gasteiger partial charge in [0.1, 0.15) is 0 Å². The van der Waals surface area contributed by atoms with E-state index in [0.29, 0.717) is 17.8 Å². The Morgan fingerprint density at radius 3 is 2.55 bits per heavy atom. The average molecular weight is 318 g/mol. The number of likely N-dealkylation sites (N-methyl/N-ethyl adjacent to an activating group) is 1. The fraction of sp³-hybridized carbons (Fsp3) is 0.500. The first-order valence-electron chi connectivity index (χ1n) is 6.74. The smallest absolute Gasteiger partial charge is 0.251 e. The molecule has 0 aliphatic rings. The van der Waals surface area contributed by atoms with Crippen LogP contribution < -0.4 is 11.1 Å². The van der Waals surface area contributed by atoms with Crippen molar-refractivity contribution >= 4 is 34.8 Å². The standard InChI is InChI=1S/C14H21Cl2N3O/c1-3-6-19(4-2)7-5-18-14(20)10-8-11(15)13(16)12(17)9-10/h8-9H,3-7,17H2,1-2H3,(H,18,20). The second-order valence-electron chi connectivity index (χ2n) is 4.55. The highest BCUT2D eigenvalue weighted by Gasteiger charge is 2.11. The molecule has 112 valence electrons. The summed E-state index contributed by atoms with van der Waals surface area (Å²) in [6.07, 6.45) is 1.10. The Hall–Kier alpha value is -0.970. The lowest BCUT2D eigenvalue weighted by Crippen LogP contribution is -2.35. The van der Waals surface area contributed by atoms with Gasteiger partial charge in [0.2, 0.25) is 0 Å². The van der Waals surface area contributed by atoms with Crippen molar-refractivity contribution in [3.8, 4) is 0 Å². The van der Waals surface area contributed by atoms with Gasteiger partial charge in [0.25, 0.3) is 5.91 Å². The SMILES string of the molecule is CCCN(CC)CCNC(=O)c1cc(N)c(Cl)c(Cl)c1. The molecule has 0 spiro atoms. The summed E-state index contributed by atoms with van der Waals surface area (Å²) >= 11 is 11.8. The number of hydrogen-bond acceptors (Lipinski definition) is 3. The molecule has 0 unspecified atom stereocenters. The number of rotatable bonds is 7. The molecule has 0 saturated carbocycles. The van der Waals surface area contributed by atoms with Gasteiger partial charge in [-0.25, -0.2) is 0 Å². The molecule has 6 heteroatoms. The van der Waals surface area contributed by atoms with Crippen molar-refractivity contribution in [2.75, 3.05) is 31.9 Å². The van der Waals surface area contributed by atoms with Crippen LogP contribution in [-0.4, -0.2) is 37.0 Å². The molecule has 1 rings (SSSR count). The molecular weight excluding hydrogens is 297 g/mol. The molecule has 3 N–H and O–H groups in total. The maximum Gasteiger partial charge on any atom is 0.251 e. The van der Waals surface area contributed by atoms with E-state index in [2.05, 4.69) is 24.1 Å². The summed E-state index contributed by atoms with van der Waals surface area (Å²) in [5.41, 5.74) is 6.43. The average Bonchev–Trinajstić information content (AvgIpc) is 2.43. The molecule has 0 aliphatic carbocycles. The van der Waals surface area contributed by atoms with E-state index >= 15 is 0 Å². The lowest BCUT2D eigenvalue weighted by molar-refractivity contribution is 0.0948. The summed E-state index contributed by atoms with van der Waals surface area (Å²) in [6, 6.07) is 3.06. The zero-order chi connectivity index (χ0) is 15.1. The molecule has 0 saturated heterocycles. The quantitative estimate of drug-likeness (QED) is 0.760. The first-order valence-corrected chi connectivity index (χ1v) is 7.50. The Balaban J connectivity index is 2.55. The van der Waals surface area contributed by atoms with Gasteiger partial charge in [0.15, 0.2) is 0 Å². The van der Waals surface area contributed by atoms with Gasteiger partial charge in [-0.15, -0.1) is 0 Å². The second-order valence-corrected chi connectivity index (χ2v) is 5.34. The second kappa shape index (κ2) is 8.35. The van der Waals surface area contributed by atoms with Gasteiger partial charge < -0.3 is 16.0 Å². The van der Waals surface area contributed by atoms with Crippen molar-refractivity contribution in [1.82, 2.24) is 10.2 Å². The van der Waals surface area contributed by atoms with Gasteiger partial charge in [-0.2, -0.15) is 0 Å². The van der Waals surface area contributed by atoms with Gasteiger partial charge in [0.05, 0.1) is 15.7 Å². The van der Waals surface area contributed by atoms with Crippen molar-refractivity contribution in [3.05, 3.63) is 27.7 Å². The van der Waals surface area contributed by atoms with Crippen molar-refractivity contribution in [2.45, 2.75) is 20.3 Å². The summed E-state index contributed by atoms with van der Waals surface area (Å²) in [5, 5.41) is 3.43. The van der Waals surface area contributed by atoms with E-state index in [1.807, 2.05) is 0 Å². The molecule has 0 aromatic heterocycles. The number of nitrogen functional groups attached to an aromatic ring is 1. The molecular formula is C14H21Cl2N3O. The number of anilines is 1. The fourth-order valence-electron chi connectivity index (χ4n) is 1.92. The van der Waals surface area contributed by atoms with E-state index in [1.165, 1.54) is 12.1 Å². The Morgan fingerprint density at radius 1 is 1.30 bits per heavy atom. The highest BCUT2D eigenvalue weighted by molar-refractivity contribution is 6.43. The van der Waals surface area contributed by atoms with Crippen LogP contribution >= 0.6 is 23.2 Å². The fourth-order valence-corrected chi connectivity index (χ4v) is 2.25. The van der Waals surface area contributed by atoms with E-state index in [1.54, 1.807) is 0 Å². The molecule has 1 aromatic rings. The first kappa shape index (κ1) is 17.1. The van der Waals surface area contributed by atoms with Gasteiger partial charge >= 0.3 is 0 Å². The lowest BCUT2D eigenvalue weighted by Gasteiger charge is -2.19. The number of carbonyl (C=O) groups excluding carboxylic acids is 1. The molecule has 4 nitrogen and oxygen atoms in total. The van der Waals surface area contributed by atoms with Crippen LogP contribution in [0.4, 0.5) is 5.69 Å². The minimum absolute atomic E-state index is 0.192. The zero-order valence-corrected chi connectivity index (χ0v) is 13.4. The Bertz CT molecular complexity index is 443. The molecule has 1 aromatic carbocycles. The minimum Gasteiger partial charge on any atom is -0.397 e. The number of amides is 1. The third-order valence-corrected chi connectivity index (χ3v) is 3.84. The van der Waals surface area contributed by atoms with Crippen LogP contribution in [0.1, 0.15) is 30.6 Å². The van der Waals surface area contributed by atoms with E-state index < -0.39 is 0 Å². The van der Waals surface area contributed by atoms with Gasteiger partial charge in [-0.05, 0) is 31.6 Å². The molecule has 0 heterocycles. The summed E-state index contributed by atoms with van der Waals surface area (Å²) in [7, 11) is 0. The number of nitrogens with zero attached hydrogens (tertiary/aromatic N) is 1. The Kier molecular flexibility index (Phi) is 7.13. The van der Waals surface area contributed by atoms with Crippen LogP contribution in [0.3, 0.4) is 0 Å². The summed E-state index contributed by atoms with van der Waals surface area (Å²) in [5.74, 6) is -0.192. The lowest BCUT2D eigenvalue weighted by atomic mass is 10.2. The number of carbonyl (C=O) groups is 1. The highest BCUT2D eigenvalue weighted by atomic mass is 35.5.